The average Bonchev–Trinajstić information content (AvgIpc) is 2.93. The van der Waals surface area contributed by atoms with Crippen molar-refractivity contribution in [2.45, 2.75) is 25.4 Å². The van der Waals surface area contributed by atoms with E-state index >= 15 is 0 Å². The summed E-state index contributed by atoms with van der Waals surface area (Å²) in [6.07, 6.45) is 0. The van der Waals surface area contributed by atoms with Crippen LogP contribution in [0, 0.1) is 0 Å². The molecule has 2 rings (SSSR count). The van der Waals surface area contributed by atoms with Crippen molar-refractivity contribution in [1.29, 1.82) is 0 Å². The van der Waals surface area contributed by atoms with Crippen LogP contribution in [0.5, 0.6) is 0 Å². The minimum Gasteiger partial charge on any atom is -0.320 e. The standard InChI is InChI=1S/C13H21N3OS/c1-13(2,14-3)9-16-8-10(15(4)12(16)17)11-6-5-7-18-11/h5-7,10,14H,8-9H2,1-4H3. The predicted molar refractivity (Wildman–Crippen MR) is 74.9 cm³/mol. The number of hydrogen-bond donors (Lipinski definition) is 1. The van der Waals surface area contributed by atoms with E-state index in [2.05, 4.69) is 30.6 Å². The minimum absolute atomic E-state index is 0.0547. The molecular weight excluding hydrogens is 246 g/mol. The van der Waals surface area contributed by atoms with Crippen molar-refractivity contribution in [1.82, 2.24) is 15.1 Å². The smallest absolute Gasteiger partial charge is 0.320 e. The zero-order chi connectivity index (χ0) is 13.3. The Morgan fingerprint density at radius 2 is 2.28 bits per heavy atom. The van der Waals surface area contributed by atoms with Gasteiger partial charge in [-0.15, -0.1) is 11.3 Å². The van der Waals surface area contributed by atoms with Gasteiger partial charge in [0.15, 0.2) is 0 Å². The minimum atomic E-state index is -0.0547. The third-order valence-corrected chi connectivity index (χ3v) is 4.54. The Hall–Kier alpha value is -1.07. The average molecular weight is 267 g/mol. The van der Waals surface area contributed by atoms with Crippen molar-refractivity contribution in [2.75, 3.05) is 27.2 Å². The first-order chi connectivity index (χ1) is 8.44. The molecule has 1 N–H and O–H groups in total. The Labute approximate surface area is 113 Å². The highest BCUT2D eigenvalue weighted by molar-refractivity contribution is 7.10. The van der Waals surface area contributed by atoms with E-state index in [1.54, 1.807) is 11.3 Å². The first-order valence-electron chi connectivity index (χ1n) is 6.18. The fraction of sp³-hybridized carbons (Fsp3) is 0.615. The normalized spacial score (nSPS) is 20.9. The van der Waals surface area contributed by atoms with Gasteiger partial charge in [-0.3, -0.25) is 0 Å². The highest BCUT2D eigenvalue weighted by Crippen LogP contribution is 2.31. The second kappa shape index (κ2) is 4.90. The molecule has 5 heteroatoms. The Morgan fingerprint density at radius 1 is 1.56 bits per heavy atom. The van der Waals surface area contributed by atoms with E-state index in [-0.39, 0.29) is 17.6 Å². The third kappa shape index (κ3) is 2.52. The predicted octanol–water partition coefficient (Wildman–Crippen LogP) is 2.15. The van der Waals surface area contributed by atoms with Crippen LogP contribution in [-0.4, -0.2) is 48.6 Å². The lowest BCUT2D eigenvalue weighted by Gasteiger charge is -2.29. The van der Waals surface area contributed by atoms with Gasteiger partial charge in [-0.1, -0.05) is 6.07 Å². The number of hydrogen-bond acceptors (Lipinski definition) is 3. The molecule has 0 aromatic carbocycles. The number of urea groups is 1. The largest absolute Gasteiger partial charge is 0.320 e. The van der Waals surface area contributed by atoms with Crippen LogP contribution in [0.1, 0.15) is 24.8 Å². The van der Waals surface area contributed by atoms with Crippen LogP contribution in [0.3, 0.4) is 0 Å². The maximum Gasteiger partial charge on any atom is 0.320 e. The number of nitrogens with zero attached hydrogens (tertiary/aromatic N) is 2. The molecule has 1 unspecified atom stereocenters. The molecule has 18 heavy (non-hydrogen) atoms. The maximum atomic E-state index is 12.2. The lowest BCUT2D eigenvalue weighted by Crippen LogP contribution is -2.48. The van der Waals surface area contributed by atoms with Gasteiger partial charge in [0, 0.05) is 30.6 Å². The van der Waals surface area contributed by atoms with E-state index in [0.717, 1.165) is 13.1 Å². The van der Waals surface area contributed by atoms with Crippen molar-refractivity contribution in [2.24, 2.45) is 0 Å². The lowest BCUT2D eigenvalue weighted by molar-refractivity contribution is 0.185. The number of likely N-dealkylation sites (N-methyl/N-ethyl adjacent to an activating group) is 2. The quantitative estimate of drug-likeness (QED) is 0.907. The number of carbonyl (C=O) groups is 1. The van der Waals surface area contributed by atoms with Crippen LogP contribution in [0.15, 0.2) is 17.5 Å². The van der Waals surface area contributed by atoms with E-state index in [9.17, 15) is 4.79 Å². The maximum absolute atomic E-state index is 12.2. The molecule has 1 aromatic heterocycles. The topological polar surface area (TPSA) is 35.6 Å². The fourth-order valence-electron chi connectivity index (χ4n) is 2.22. The summed E-state index contributed by atoms with van der Waals surface area (Å²) < 4.78 is 0. The Morgan fingerprint density at radius 3 is 2.83 bits per heavy atom. The van der Waals surface area contributed by atoms with Crippen molar-refractivity contribution >= 4 is 17.4 Å². The van der Waals surface area contributed by atoms with Crippen molar-refractivity contribution in [3.8, 4) is 0 Å². The van der Waals surface area contributed by atoms with Gasteiger partial charge in [0.2, 0.25) is 0 Å². The van der Waals surface area contributed by atoms with Gasteiger partial charge < -0.3 is 15.1 Å². The molecule has 1 atom stereocenters. The molecule has 1 aliphatic heterocycles. The van der Waals surface area contributed by atoms with E-state index in [4.69, 9.17) is 0 Å². The molecule has 2 heterocycles. The van der Waals surface area contributed by atoms with Crippen LogP contribution < -0.4 is 5.32 Å². The molecule has 0 radical (unpaired) electrons. The highest BCUT2D eigenvalue weighted by Gasteiger charge is 2.38. The Bertz CT molecular complexity index is 416. The number of nitrogens with one attached hydrogen (secondary N) is 1. The molecule has 2 amide bonds. The van der Waals surface area contributed by atoms with E-state index in [0.29, 0.717) is 0 Å². The summed E-state index contributed by atoms with van der Waals surface area (Å²) in [6.45, 7) is 5.73. The number of amides is 2. The molecule has 0 spiro atoms. The van der Waals surface area contributed by atoms with E-state index in [1.165, 1.54) is 4.88 Å². The molecule has 1 aliphatic rings. The van der Waals surface area contributed by atoms with Gasteiger partial charge in [-0.2, -0.15) is 0 Å². The van der Waals surface area contributed by atoms with Crippen LogP contribution in [0.4, 0.5) is 4.79 Å². The number of rotatable bonds is 4. The van der Waals surface area contributed by atoms with Crippen LogP contribution >= 0.6 is 11.3 Å². The third-order valence-electron chi connectivity index (χ3n) is 3.57. The summed E-state index contributed by atoms with van der Waals surface area (Å²) in [5, 5.41) is 5.31. The zero-order valence-corrected chi connectivity index (χ0v) is 12.3. The molecule has 0 saturated carbocycles. The van der Waals surface area contributed by atoms with Crippen LogP contribution in [-0.2, 0) is 0 Å². The molecular formula is C13H21N3OS. The summed E-state index contributed by atoms with van der Waals surface area (Å²) in [4.78, 5) is 17.3. The Balaban J connectivity index is 2.10. The molecule has 1 fully saturated rings. The first kappa shape index (κ1) is 13.4. The van der Waals surface area contributed by atoms with E-state index < -0.39 is 0 Å². The van der Waals surface area contributed by atoms with Gasteiger partial charge in [0.25, 0.3) is 0 Å². The number of carbonyl (C=O) groups excluding carboxylic acids is 1. The zero-order valence-electron chi connectivity index (χ0n) is 11.4. The van der Waals surface area contributed by atoms with Gasteiger partial charge in [-0.05, 0) is 32.3 Å². The van der Waals surface area contributed by atoms with Gasteiger partial charge in [0.1, 0.15) is 0 Å². The summed E-state index contributed by atoms with van der Waals surface area (Å²) in [7, 11) is 3.82. The monoisotopic (exact) mass is 267 g/mol. The molecule has 1 saturated heterocycles. The van der Waals surface area contributed by atoms with Gasteiger partial charge in [-0.25, -0.2) is 4.79 Å². The van der Waals surface area contributed by atoms with Crippen LogP contribution in [0.25, 0.3) is 0 Å². The van der Waals surface area contributed by atoms with E-state index in [1.807, 2.05) is 30.0 Å². The summed E-state index contributed by atoms with van der Waals surface area (Å²) in [5.74, 6) is 0. The SMILES string of the molecule is CNC(C)(C)CN1CC(c2cccs2)N(C)C1=O. The van der Waals surface area contributed by atoms with Gasteiger partial charge >= 0.3 is 6.03 Å². The second-order valence-electron chi connectivity index (χ2n) is 5.44. The number of thiophene rings is 1. The fourth-order valence-corrected chi connectivity index (χ4v) is 3.08. The second-order valence-corrected chi connectivity index (χ2v) is 6.42. The summed E-state index contributed by atoms with van der Waals surface area (Å²) >= 11 is 1.72. The molecule has 0 bridgehead atoms. The lowest BCUT2D eigenvalue weighted by atomic mass is 10.1. The Kier molecular flexibility index (Phi) is 3.64. The first-order valence-corrected chi connectivity index (χ1v) is 7.06. The molecule has 0 aliphatic carbocycles. The molecule has 1 aromatic rings. The molecule has 100 valence electrons. The summed E-state index contributed by atoms with van der Waals surface area (Å²) in [5.41, 5.74) is -0.0547. The van der Waals surface area contributed by atoms with Crippen molar-refractivity contribution < 1.29 is 4.79 Å². The van der Waals surface area contributed by atoms with Crippen molar-refractivity contribution in [3.05, 3.63) is 22.4 Å². The van der Waals surface area contributed by atoms with Gasteiger partial charge in [0.05, 0.1) is 6.04 Å². The highest BCUT2D eigenvalue weighted by atomic mass is 32.1. The van der Waals surface area contributed by atoms with Crippen molar-refractivity contribution in [3.63, 3.8) is 0 Å². The summed E-state index contributed by atoms with van der Waals surface area (Å²) in [6, 6.07) is 4.46. The molecule has 4 nitrogen and oxygen atoms in total. The van der Waals surface area contributed by atoms with Crippen LogP contribution in [0.2, 0.25) is 0 Å².